The molecule has 2 saturated heterocycles. The second-order valence-electron chi connectivity index (χ2n) is 8.75. The normalized spacial score (nSPS) is 21.6. The van der Waals surface area contributed by atoms with Gasteiger partial charge in [0.05, 0.1) is 6.61 Å². The molecular weight excluding hydrogens is 376 g/mol. The van der Waals surface area contributed by atoms with Gasteiger partial charge in [-0.1, -0.05) is 30.3 Å². The molecule has 0 bridgehead atoms. The van der Waals surface area contributed by atoms with Crippen molar-refractivity contribution in [3.63, 3.8) is 0 Å². The first kappa shape index (κ1) is 19.5. The fourth-order valence-corrected chi connectivity index (χ4v) is 4.88. The number of hydrogen-bond acceptors (Lipinski definition) is 5. The van der Waals surface area contributed by atoms with E-state index in [2.05, 4.69) is 22.3 Å². The van der Waals surface area contributed by atoms with Gasteiger partial charge in [-0.2, -0.15) is 0 Å². The van der Waals surface area contributed by atoms with Crippen molar-refractivity contribution in [2.45, 2.75) is 38.5 Å². The fraction of sp³-hybridized carbons (Fsp3) is 0.542. The highest BCUT2D eigenvalue weighted by molar-refractivity contribution is 5.79. The number of carbonyl (C=O) groups is 1. The van der Waals surface area contributed by atoms with Gasteiger partial charge in [0.2, 0.25) is 5.91 Å². The maximum atomic E-state index is 12.6. The van der Waals surface area contributed by atoms with Crippen molar-refractivity contribution in [2.75, 3.05) is 37.7 Å². The summed E-state index contributed by atoms with van der Waals surface area (Å²) in [5, 5.41) is 3.16. The lowest BCUT2D eigenvalue weighted by molar-refractivity contribution is -0.125. The molecule has 158 valence electrons. The highest BCUT2D eigenvalue weighted by atomic mass is 16.5. The smallest absolute Gasteiger partial charge is 0.223 e. The summed E-state index contributed by atoms with van der Waals surface area (Å²) in [5.41, 5.74) is 3.59. The molecule has 30 heavy (non-hydrogen) atoms. The molecule has 6 nitrogen and oxygen atoms in total. The molecule has 1 atom stereocenters. The lowest BCUT2D eigenvalue weighted by atomic mass is 9.95. The molecule has 1 aromatic heterocycles. The minimum atomic E-state index is 0.104. The molecule has 5 rings (SSSR count). The van der Waals surface area contributed by atoms with E-state index in [4.69, 9.17) is 14.7 Å². The Kier molecular flexibility index (Phi) is 5.67. The SMILES string of the molecule is O=C(NC[C@@H]1CCOC1)C1CCN(c2nc(-c3ccccc3)nc3c2CCC3)CC1. The van der Waals surface area contributed by atoms with Crippen LogP contribution in [0.3, 0.4) is 0 Å². The quantitative estimate of drug-likeness (QED) is 0.827. The summed E-state index contributed by atoms with van der Waals surface area (Å²) < 4.78 is 5.41. The van der Waals surface area contributed by atoms with Gasteiger partial charge in [-0.3, -0.25) is 4.79 Å². The highest BCUT2D eigenvalue weighted by Crippen LogP contribution is 2.33. The molecule has 6 heteroatoms. The van der Waals surface area contributed by atoms with Crippen molar-refractivity contribution in [1.29, 1.82) is 0 Å². The number of fused-ring (bicyclic) bond motifs is 1. The topological polar surface area (TPSA) is 67.3 Å². The Balaban J connectivity index is 1.26. The first-order valence-corrected chi connectivity index (χ1v) is 11.3. The van der Waals surface area contributed by atoms with Gasteiger partial charge in [0.25, 0.3) is 0 Å². The Morgan fingerprint density at radius 3 is 2.70 bits per heavy atom. The summed E-state index contributed by atoms with van der Waals surface area (Å²) in [4.78, 5) is 24.9. The number of aryl methyl sites for hydroxylation is 1. The van der Waals surface area contributed by atoms with Crippen LogP contribution in [0, 0.1) is 11.8 Å². The Labute approximate surface area is 178 Å². The predicted molar refractivity (Wildman–Crippen MR) is 116 cm³/mol. The fourth-order valence-electron chi connectivity index (χ4n) is 4.88. The molecule has 2 aromatic rings. The van der Waals surface area contributed by atoms with Crippen LogP contribution in [0.1, 0.15) is 36.9 Å². The van der Waals surface area contributed by atoms with Crippen LogP contribution >= 0.6 is 0 Å². The van der Waals surface area contributed by atoms with E-state index in [-0.39, 0.29) is 11.8 Å². The van der Waals surface area contributed by atoms with Crippen molar-refractivity contribution < 1.29 is 9.53 Å². The Hall–Kier alpha value is -2.47. The number of nitrogens with one attached hydrogen (secondary N) is 1. The lowest BCUT2D eigenvalue weighted by Gasteiger charge is -2.33. The van der Waals surface area contributed by atoms with Gasteiger partial charge >= 0.3 is 0 Å². The summed E-state index contributed by atoms with van der Waals surface area (Å²) in [5.74, 6) is 2.71. The van der Waals surface area contributed by atoms with Crippen LogP contribution in [0.2, 0.25) is 0 Å². The van der Waals surface area contributed by atoms with E-state index in [0.29, 0.717) is 5.92 Å². The largest absolute Gasteiger partial charge is 0.381 e. The van der Waals surface area contributed by atoms with E-state index in [1.807, 2.05) is 18.2 Å². The van der Waals surface area contributed by atoms with Gasteiger partial charge < -0.3 is 15.0 Å². The number of carbonyl (C=O) groups excluding carboxylic acids is 1. The molecule has 1 N–H and O–H groups in total. The zero-order chi connectivity index (χ0) is 20.3. The summed E-state index contributed by atoms with van der Waals surface area (Å²) in [6.07, 6.45) is 6.07. The molecule has 1 amide bonds. The third-order valence-electron chi connectivity index (χ3n) is 6.70. The Morgan fingerprint density at radius 2 is 1.93 bits per heavy atom. The maximum Gasteiger partial charge on any atom is 0.223 e. The van der Waals surface area contributed by atoms with E-state index in [0.717, 1.165) is 88.6 Å². The van der Waals surface area contributed by atoms with Gasteiger partial charge in [-0.15, -0.1) is 0 Å². The van der Waals surface area contributed by atoms with E-state index >= 15 is 0 Å². The van der Waals surface area contributed by atoms with Crippen molar-refractivity contribution in [3.8, 4) is 11.4 Å². The zero-order valence-corrected chi connectivity index (χ0v) is 17.5. The number of aromatic nitrogens is 2. The number of ether oxygens (including phenoxy) is 1. The van der Waals surface area contributed by atoms with Crippen molar-refractivity contribution >= 4 is 11.7 Å². The molecule has 1 aliphatic carbocycles. The summed E-state index contributed by atoms with van der Waals surface area (Å²) in [6, 6.07) is 10.2. The highest BCUT2D eigenvalue weighted by Gasteiger charge is 2.29. The number of piperidine rings is 1. The predicted octanol–water partition coefficient (Wildman–Crippen LogP) is 3.00. The molecule has 2 aliphatic heterocycles. The molecule has 0 unspecified atom stereocenters. The number of anilines is 1. The number of rotatable bonds is 5. The van der Waals surface area contributed by atoms with Gasteiger partial charge in [0, 0.05) is 54.9 Å². The molecule has 2 fully saturated rings. The van der Waals surface area contributed by atoms with Crippen LogP contribution in [0.25, 0.3) is 11.4 Å². The number of hydrogen-bond donors (Lipinski definition) is 1. The van der Waals surface area contributed by atoms with Gasteiger partial charge in [-0.05, 0) is 38.5 Å². The first-order valence-electron chi connectivity index (χ1n) is 11.3. The average Bonchev–Trinajstić information content (AvgIpc) is 3.49. The number of benzene rings is 1. The molecule has 0 saturated carbocycles. The van der Waals surface area contributed by atoms with Crippen molar-refractivity contribution in [3.05, 3.63) is 41.6 Å². The molecule has 0 radical (unpaired) electrons. The first-order chi connectivity index (χ1) is 14.8. The van der Waals surface area contributed by atoms with Gasteiger partial charge in [0.1, 0.15) is 5.82 Å². The minimum absolute atomic E-state index is 0.104. The second kappa shape index (κ2) is 8.72. The van der Waals surface area contributed by atoms with E-state index in [1.165, 1.54) is 11.3 Å². The average molecular weight is 407 g/mol. The Morgan fingerprint density at radius 1 is 1.10 bits per heavy atom. The van der Waals surface area contributed by atoms with Crippen LogP contribution in [0.5, 0.6) is 0 Å². The van der Waals surface area contributed by atoms with Crippen LogP contribution in [0.15, 0.2) is 30.3 Å². The Bertz CT molecular complexity index is 888. The number of amides is 1. The summed E-state index contributed by atoms with van der Waals surface area (Å²) >= 11 is 0. The van der Waals surface area contributed by atoms with Crippen LogP contribution < -0.4 is 10.2 Å². The second-order valence-corrected chi connectivity index (χ2v) is 8.75. The minimum Gasteiger partial charge on any atom is -0.381 e. The number of nitrogens with zero attached hydrogens (tertiary/aromatic N) is 3. The lowest BCUT2D eigenvalue weighted by Crippen LogP contribution is -2.42. The third-order valence-corrected chi connectivity index (χ3v) is 6.70. The van der Waals surface area contributed by atoms with E-state index < -0.39 is 0 Å². The van der Waals surface area contributed by atoms with Crippen LogP contribution in [-0.2, 0) is 22.4 Å². The maximum absolute atomic E-state index is 12.6. The molecule has 3 aliphatic rings. The molecular formula is C24H30N4O2. The van der Waals surface area contributed by atoms with E-state index in [1.54, 1.807) is 0 Å². The van der Waals surface area contributed by atoms with Crippen molar-refractivity contribution in [2.24, 2.45) is 11.8 Å². The summed E-state index contributed by atoms with van der Waals surface area (Å²) in [6.45, 7) is 4.11. The zero-order valence-electron chi connectivity index (χ0n) is 17.5. The monoisotopic (exact) mass is 406 g/mol. The standard InChI is InChI=1S/C24H30N4O2/c29-24(25-15-17-11-14-30-16-17)19-9-12-28(13-10-19)23-20-7-4-8-21(20)26-22(27-23)18-5-2-1-3-6-18/h1-3,5-6,17,19H,4,7-16H2,(H,25,29)/t17-/m0/s1. The third kappa shape index (κ3) is 4.06. The van der Waals surface area contributed by atoms with E-state index in [9.17, 15) is 4.79 Å². The van der Waals surface area contributed by atoms with Crippen LogP contribution in [-0.4, -0.2) is 48.7 Å². The molecule has 0 spiro atoms. The van der Waals surface area contributed by atoms with Gasteiger partial charge in [-0.25, -0.2) is 9.97 Å². The van der Waals surface area contributed by atoms with Crippen molar-refractivity contribution in [1.82, 2.24) is 15.3 Å². The molecule has 3 heterocycles. The molecule has 1 aromatic carbocycles. The summed E-state index contributed by atoms with van der Waals surface area (Å²) in [7, 11) is 0. The van der Waals surface area contributed by atoms with Gasteiger partial charge in [0.15, 0.2) is 5.82 Å². The van der Waals surface area contributed by atoms with Crippen LogP contribution in [0.4, 0.5) is 5.82 Å².